The first-order chi connectivity index (χ1) is 18.4. The number of carbonyl (C=O) groups excluding carboxylic acids is 1. The number of carbonyl (C=O) groups is 1. The Hall–Kier alpha value is -3.28. The molecule has 2 aromatic rings. The van der Waals surface area contributed by atoms with Gasteiger partial charge >= 0.3 is 6.18 Å². The van der Waals surface area contributed by atoms with Crippen molar-refractivity contribution in [2.45, 2.75) is 49.5 Å². The summed E-state index contributed by atoms with van der Waals surface area (Å²) in [5, 5.41) is 20.9. The predicted octanol–water partition coefficient (Wildman–Crippen LogP) is 3.71. The van der Waals surface area contributed by atoms with Crippen LogP contribution in [0.4, 0.5) is 18.9 Å². The van der Waals surface area contributed by atoms with Crippen LogP contribution >= 0.6 is 0 Å². The maximum absolute atomic E-state index is 14.1. The van der Waals surface area contributed by atoms with Crippen molar-refractivity contribution in [2.75, 3.05) is 38.8 Å². The molecular weight excluding hydrogens is 511 g/mol. The number of anilines is 1. The number of hydrogen-bond donors (Lipinski definition) is 2. The van der Waals surface area contributed by atoms with Crippen LogP contribution in [-0.2, 0) is 29.4 Å². The molecule has 1 saturated heterocycles. The molecule has 5 rings (SSSR count). The van der Waals surface area contributed by atoms with Crippen LogP contribution in [0.3, 0.4) is 0 Å². The van der Waals surface area contributed by atoms with Crippen molar-refractivity contribution in [3.63, 3.8) is 0 Å². The number of fused-ring (bicyclic) bond motifs is 1. The van der Waals surface area contributed by atoms with Crippen LogP contribution in [0.2, 0.25) is 0 Å². The van der Waals surface area contributed by atoms with Gasteiger partial charge in [-0.05, 0) is 53.8 Å². The zero-order chi connectivity index (χ0) is 28.0. The van der Waals surface area contributed by atoms with Gasteiger partial charge in [-0.15, -0.1) is 5.10 Å². The van der Waals surface area contributed by atoms with Crippen LogP contribution in [0.1, 0.15) is 51.9 Å². The van der Waals surface area contributed by atoms with Crippen molar-refractivity contribution in [1.82, 2.24) is 10.2 Å². The van der Waals surface area contributed by atoms with Crippen LogP contribution in [0, 0.1) is 0 Å². The van der Waals surface area contributed by atoms with Gasteiger partial charge in [-0.25, -0.2) is 0 Å². The molecule has 2 fully saturated rings. The summed E-state index contributed by atoms with van der Waals surface area (Å²) in [5.41, 5.74) is -0.165. The Labute approximate surface area is 225 Å². The molecular formula is C28H32F3N5O3. The molecule has 0 unspecified atom stereocenters. The Kier molecular flexibility index (Phi) is 7.02. The van der Waals surface area contributed by atoms with Crippen LogP contribution in [-0.4, -0.2) is 67.9 Å². The minimum atomic E-state index is -4.61. The lowest BCUT2D eigenvalue weighted by Crippen LogP contribution is -2.49. The number of rotatable bonds is 9. The third-order valence-electron chi connectivity index (χ3n) is 7.74. The summed E-state index contributed by atoms with van der Waals surface area (Å²) in [7, 11) is 3.73. The molecule has 1 aliphatic carbocycles. The average Bonchev–Trinajstić information content (AvgIpc) is 3.50. The van der Waals surface area contributed by atoms with Gasteiger partial charge in [0.15, 0.2) is 0 Å². The monoisotopic (exact) mass is 543 g/mol. The maximum Gasteiger partial charge on any atom is 0.416 e. The van der Waals surface area contributed by atoms with Crippen molar-refractivity contribution in [2.24, 2.45) is 10.2 Å². The van der Waals surface area contributed by atoms with E-state index < -0.39 is 28.7 Å². The second-order valence-electron chi connectivity index (χ2n) is 10.9. The highest BCUT2D eigenvalue weighted by atomic mass is 19.4. The van der Waals surface area contributed by atoms with Gasteiger partial charge in [0, 0.05) is 57.0 Å². The van der Waals surface area contributed by atoms with Crippen LogP contribution < -0.4 is 10.2 Å². The molecule has 8 nitrogen and oxygen atoms in total. The summed E-state index contributed by atoms with van der Waals surface area (Å²) < 4.78 is 47.8. The van der Waals surface area contributed by atoms with Crippen molar-refractivity contribution >= 4 is 24.1 Å². The number of ether oxygens (including phenoxy) is 1. The second kappa shape index (κ2) is 10.0. The number of aliphatic hydroxyl groups is 1. The zero-order valence-electron chi connectivity index (χ0n) is 22.0. The fraction of sp³-hybridized carbons (Fsp3) is 0.464. The SMILES string of the molecule is C=N/N=C(/CC1(c2cccc(N3Cc4c(cc(CNCC5(O)CC5)cc4C(F)(F)F)C3=O)c2)COC1)N(C)C. The van der Waals surface area contributed by atoms with Crippen LogP contribution in [0.15, 0.2) is 46.6 Å². The Morgan fingerprint density at radius 3 is 2.56 bits per heavy atom. The molecule has 2 N–H and O–H groups in total. The van der Waals surface area contributed by atoms with Gasteiger partial charge in [-0.1, -0.05) is 12.1 Å². The average molecular weight is 544 g/mol. The smallest absolute Gasteiger partial charge is 0.389 e. The van der Waals surface area contributed by atoms with E-state index in [2.05, 4.69) is 22.2 Å². The molecule has 0 radical (unpaired) electrons. The molecule has 3 aliphatic rings. The van der Waals surface area contributed by atoms with Gasteiger partial charge in [-0.2, -0.15) is 18.3 Å². The first-order valence-corrected chi connectivity index (χ1v) is 12.8. The van der Waals surface area contributed by atoms with E-state index in [4.69, 9.17) is 4.74 Å². The molecule has 0 aromatic heterocycles. The normalized spacial score (nSPS) is 19.5. The van der Waals surface area contributed by atoms with Gasteiger partial charge in [0.25, 0.3) is 5.91 Å². The predicted molar refractivity (Wildman–Crippen MR) is 142 cm³/mol. The van der Waals surface area contributed by atoms with Gasteiger partial charge in [0.05, 0.1) is 30.9 Å². The molecule has 0 atom stereocenters. The van der Waals surface area contributed by atoms with E-state index in [0.29, 0.717) is 56.1 Å². The van der Waals surface area contributed by atoms with Crippen molar-refractivity contribution in [3.8, 4) is 0 Å². The number of hydrogen-bond acceptors (Lipinski definition) is 6. The van der Waals surface area contributed by atoms with E-state index in [0.717, 1.165) is 11.6 Å². The third kappa shape index (κ3) is 5.43. The van der Waals surface area contributed by atoms with Crippen molar-refractivity contribution in [1.29, 1.82) is 0 Å². The Morgan fingerprint density at radius 1 is 1.23 bits per heavy atom. The molecule has 39 heavy (non-hydrogen) atoms. The van der Waals surface area contributed by atoms with E-state index >= 15 is 0 Å². The van der Waals surface area contributed by atoms with Crippen molar-refractivity contribution in [3.05, 3.63) is 64.2 Å². The summed E-state index contributed by atoms with van der Waals surface area (Å²) in [6, 6.07) is 9.97. The lowest BCUT2D eigenvalue weighted by molar-refractivity contribution is -0.138. The Bertz CT molecular complexity index is 1320. The molecule has 2 aliphatic heterocycles. The first kappa shape index (κ1) is 27.3. The van der Waals surface area contributed by atoms with Crippen molar-refractivity contribution < 1.29 is 27.8 Å². The van der Waals surface area contributed by atoms with Crippen LogP contribution in [0.5, 0.6) is 0 Å². The van der Waals surface area contributed by atoms with E-state index in [-0.39, 0.29) is 24.2 Å². The molecule has 1 saturated carbocycles. The van der Waals surface area contributed by atoms with Crippen LogP contribution in [0.25, 0.3) is 0 Å². The minimum absolute atomic E-state index is 0.0248. The first-order valence-electron chi connectivity index (χ1n) is 12.8. The Balaban J connectivity index is 1.43. The second-order valence-corrected chi connectivity index (χ2v) is 10.9. The molecule has 1 amide bonds. The van der Waals surface area contributed by atoms with Gasteiger partial charge in [0.1, 0.15) is 5.84 Å². The summed E-state index contributed by atoms with van der Waals surface area (Å²) in [6.45, 7) is 4.59. The fourth-order valence-corrected chi connectivity index (χ4v) is 5.18. The Morgan fingerprint density at radius 2 is 1.97 bits per heavy atom. The third-order valence-corrected chi connectivity index (χ3v) is 7.74. The fourth-order valence-electron chi connectivity index (χ4n) is 5.18. The highest BCUT2D eigenvalue weighted by molar-refractivity contribution is 6.10. The highest BCUT2D eigenvalue weighted by Gasteiger charge is 2.44. The number of halogens is 3. The van der Waals surface area contributed by atoms with Gasteiger partial charge < -0.3 is 25.0 Å². The molecule has 2 aromatic carbocycles. The summed E-state index contributed by atoms with van der Waals surface area (Å²) in [5.74, 6) is 0.244. The summed E-state index contributed by atoms with van der Waals surface area (Å²) in [6.07, 6.45) is -2.74. The number of nitrogens with one attached hydrogen (secondary N) is 1. The zero-order valence-corrected chi connectivity index (χ0v) is 22.0. The number of alkyl halides is 3. The number of amidine groups is 1. The quantitative estimate of drug-likeness (QED) is 0.286. The highest BCUT2D eigenvalue weighted by Crippen LogP contribution is 2.42. The number of benzene rings is 2. The molecule has 0 spiro atoms. The molecule has 208 valence electrons. The van der Waals surface area contributed by atoms with Gasteiger partial charge in [0.2, 0.25) is 0 Å². The topological polar surface area (TPSA) is 89.8 Å². The number of amides is 1. The summed E-state index contributed by atoms with van der Waals surface area (Å²) in [4.78, 5) is 16.7. The maximum atomic E-state index is 14.1. The standard InChI is InChI=1S/C28H32F3N5O3/c1-32-34-24(35(2)3)12-26(16-39-17-26)19-5-4-6-20(11-19)36-14-22-21(25(36)37)9-18(10-23(22)28(29,30)31)13-33-15-27(38)7-8-27/h4-6,9-11,33,38H,1,7-8,12-17H2,2-3H3/b34-24-. The number of nitrogens with zero attached hydrogens (tertiary/aromatic N) is 4. The molecule has 2 heterocycles. The van der Waals surface area contributed by atoms with E-state index in [1.165, 1.54) is 11.0 Å². The van der Waals surface area contributed by atoms with E-state index in [1.807, 2.05) is 37.2 Å². The summed E-state index contributed by atoms with van der Waals surface area (Å²) >= 11 is 0. The minimum Gasteiger partial charge on any atom is -0.389 e. The lowest BCUT2D eigenvalue weighted by atomic mass is 9.75. The molecule has 0 bridgehead atoms. The van der Waals surface area contributed by atoms with E-state index in [9.17, 15) is 23.1 Å². The lowest BCUT2D eigenvalue weighted by Gasteiger charge is -2.43. The van der Waals surface area contributed by atoms with E-state index in [1.54, 1.807) is 6.07 Å². The molecule has 11 heteroatoms. The largest absolute Gasteiger partial charge is 0.416 e. The van der Waals surface area contributed by atoms with Gasteiger partial charge in [-0.3, -0.25) is 4.79 Å².